The van der Waals surface area contributed by atoms with Crippen LogP contribution in [0.4, 0.5) is 0 Å². The lowest BCUT2D eigenvalue weighted by molar-refractivity contribution is 0.0916. The molecule has 0 aromatic rings. The number of aliphatic imine (C=N–C) groups is 1. The SMILES string of the molecule is CN(C)C(=NCCC1CC2CCC1O2)N(C)C. The number of rotatable bonds is 3. The number of ether oxygens (including phenoxy) is 1. The van der Waals surface area contributed by atoms with Gasteiger partial charge in [0, 0.05) is 34.7 Å². The number of guanidine groups is 1. The third kappa shape index (κ3) is 2.92. The quantitative estimate of drug-likeness (QED) is 0.551. The van der Waals surface area contributed by atoms with E-state index in [0.717, 1.165) is 18.4 Å². The van der Waals surface area contributed by atoms with Crippen molar-refractivity contribution in [2.75, 3.05) is 34.7 Å². The van der Waals surface area contributed by atoms with Crippen LogP contribution in [0, 0.1) is 5.92 Å². The standard InChI is InChI=1S/C13H25N3O/c1-15(2)13(16(3)4)14-8-7-10-9-11-5-6-12(10)17-11/h10-12H,5-9H2,1-4H3. The van der Waals surface area contributed by atoms with Crippen molar-refractivity contribution in [3.8, 4) is 0 Å². The minimum absolute atomic E-state index is 0.539. The Morgan fingerprint density at radius 3 is 2.35 bits per heavy atom. The van der Waals surface area contributed by atoms with E-state index < -0.39 is 0 Å². The Hall–Kier alpha value is -0.770. The molecule has 2 saturated heterocycles. The highest BCUT2D eigenvalue weighted by molar-refractivity contribution is 5.79. The lowest BCUT2D eigenvalue weighted by atomic mass is 9.87. The molecule has 3 unspecified atom stereocenters. The van der Waals surface area contributed by atoms with Gasteiger partial charge in [0.25, 0.3) is 0 Å². The summed E-state index contributed by atoms with van der Waals surface area (Å²) in [7, 11) is 8.16. The summed E-state index contributed by atoms with van der Waals surface area (Å²) in [5.74, 6) is 1.80. The van der Waals surface area contributed by atoms with E-state index in [4.69, 9.17) is 4.74 Å². The van der Waals surface area contributed by atoms with Gasteiger partial charge in [0.15, 0.2) is 5.96 Å². The Kier molecular flexibility index (Phi) is 3.92. The average molecular weight is 239 g/mol. The molecule has 0 spiro atoms. The van der Waals surface area contributed by atoms with E-state index in [1.807, 2.05) is 28.2 Å². The summed E-state index contributed by atoms with van der Waals surface area (Å²) in [5.41, 5.74) is 0. The summed E-state index contributed by atoms with van der Waals surface area (Å²) in [6.07, 6.45) is 6.10. The molecule has 0 aromatic carbocycles. The van der Waals surface area contributed by atoms with Crippen molar-refractivity contribution in [2.24, 2.45) is 10.9 Å². The van der Waals surface area contributed by atoms with Crippen LogP contribution >= 0.6 is 0 Å². The summed E-state index contributed by atoms with van der Waals surface area (Å²) >= 11 is 0. The Morgan fingerprint density at radius 1 is 1.18 bits per heavy atom. The zero-order valence-corrected chi connectivity index (χ0v) is 11.5. The van der Waals surface area contributed by atoms with Crippen LogP contribution in [-0.4, -0.2) is 62.7 Å². The van der Waals surface area contributed by atoms with E-state index in [2.05, 4.69) is 14.8 Å². The first-order chi connectivity index (χ1) is 8.08. The molecule has 0 saturated carbocycles. The molecule has 4 heteroatoms. The van der Waals surface area contributed by atoms with Gasteiger partial charge in [0.1, 0.15) is 0 Å². The monoisotopic (exact) mass is 239 g/mol. The van der Waals surface area contributed by atoms with Crippen molar-refractivity contribution < 1.29 is 4.74 Å². The Balaban J connectivity index is 1.80. The van der Waals surface area contributed by atoms with E-state index in [0.29, 0.717) is 12.2 Å². The highest BCUT2D eigenvalue weighted by Crippen LogP contribution is 2.40. The molecule has 98 valence electrons. The van der Waals surface area contributed by atoms with E-state index in [1.54, 1.807) is 0 Å². The summed E-state index contributed by atoms with van der Waals surface area (Å²) in [4.78, 5) is 8.82. The first-order valence-electron chi connectivity index (χ1n) is 6.62. The molecule has 2 heterocycles. The Morgan fingerprint density at radius 2 is 1.88 bits per heavy atom. The number of nitrogens with zero attached hydrogens (tertiary/aromatic N) is 3. The minimum atomic E-state index is 0.539. The van der Waals surface area contributed by atoms with Crippen molar-refractivity contribution in [1.82, 2.24) is 9.80 Å². The third-order valence-corrected chi connectivity index (χ3v) is 3.78. The lowest BCUT2D eigenvalue weighted by Crippen LogP contribution is -2.35. The number of hydrogen-bond donors (Lipinski definition) is 0. The predicted octanol–water partition coefficient (Wildman–Crippen LogP) is 1.42. The van der Waals surface area contributed by atoms with Crippen LogP contribution in [0.3, 0.4) is 0 Å². The minimum Gasteiger partial charge on any atom is -0.375 e. The van der Waals surface area contributed by atoms with Crippen molar-refractivity contribution in [1.29, 1.82) is 0 Å². The highest BCUT2D eigenvalue weighted by atomic mass is 16.5. The molecular weight excluding hydrogens is 214 g/mol. The fraction of sp³-hybridized carbons (Fsp3) is 0.923. The lowest BCUT2D eigenvalue weighted by Gasteiger charge is -2.23. The van der Waals surface area contributed by atoms with Gasteiger partial charge in [-0.15, -0.1) is 0 Å². The maximum atomic E-state index is 5.87. The maximum absolute atomic E-state index is 5.87. The second-order valence-electron chi connectivity index (χ2n) is 5.63. The second-order valence-corrected chi connectivity index (χ2v) is 5.63. The van der Waals surface area contributed by atoms with Gasteiger partial charge in [-0.2, -0.15) is 0 Å². The van der Waals surface area contributed by atoms with Crippen LogP contribution in [0.5, 0.6) is 0 Å². The molecule has 2 aliphatic rings. The fourth-order valence-corrected chi connectivity index (χ4v) is 3.06. The van der Waals surface area contributed by atoms with Gasteiger partial charge in [0.2, 0.25) is 0 Å². The van der Waals surface area contributed by atoms with Gasteiger partial charge in [-0.3, -0.25) is 4.99 Å². The molecule has 2 aliphatic heterocycles. The fourth-order valence-electron chi connectivity index (χ4n) is 3.06. The van der Waals surface area contributed by atoms with Crippen LogP contribution in [0.15, 0.2) is 4.99 Å². The molecule has 2 fully saturated rings. The number of hydrogen-bond acceptors (Lipinski definition) is 2. The normalized spacial score (nSPS) is 30.5. The summed E-state index contributed by atoms with van der Waals surface area (Å²) in [6, 6.07) is 0. The van der Waals surface area contributed by atoms with Crippen molar-refractivity contribution in [2.45, 2.75) is 37.9 Å². The Labute approximate surface area is 105 Å². The number of fused-ring (bicyclic) bond motifs is 2. The van der Waals surface area contributed by atoms with Crippen LogP contribution in [-0.2, 0) is 4.74 Å². The zero-order valence-electron chi connectivity index (χ0n) is 11.5. The zero-order chi connectivity index (χ0) is 12.4. The first kappa shape index (κ1) is 12.7. The van der Waals surface area contributed by atoms with Crippen LogP contribution in [0.25, 0.3) is 0 Å². The first-order valence-corrected chi connectivity index (χ1v) is 6.62. The van der Waals surface area contributed by atoms with Gasteiger partial charge in [-0.05, 0) is 31.6 Å². The van der Waals surface area contributed by atoms with E-state index in [-0.39, 0.29) is 0 Å². The van der Waals surface area contributed by atoms with E-state index in [1.165, 1.54) is 25.7 Å². The Bertz CT molecular complexity index is 278. The smallest absolute Gasteiger partial charge is 0.195 e. The van der Waals surface area contributed by atoms with Crippen LogP contribution in [0.1, 0.15) is 25.7 Å². The maximum Gasteiger partial charge on any atom is 0.195 e. The van der Waals surface area contributed by atoms with Gasteiger partial charge in [0.05, 0.1) is 12.2 Å². The molecule has 3 atom stereocenters. The molecular formula is C13H25N3O. The summed E-state index contributed by atoms with van der Waals surface area (Å²) < 4.78 is 5.87. The van der Waals surface area contributed by atoms with Gasteiger partial charge < -0.3 is 14.5 Å². The summed E-state index contributed by atoms with van der Waals surface area (Å²) in [6.45, 7) is 0.920. The van der Waals surface area contributed by atoms with Crippen LogP contribution < -0.4 is 0 Å². The van der Waals surface area contributed by atoms with Crippen molar-refractivity contribution in [3.05, 3.63) is 0 Å². The second kappa shape index (κ2) is 5.25. The van der Waals surface area contributed by atoms with E-state index in [9.17, 15) is 0 Å². The molecule has 2 rings (SSSR count). The van der Waals surface area contributed by atoms with Gasteiger partial charge >= 0.3 is 0 Å². The van der Waals surface area contributed by atoms with Crippen molar-refractivity contribution >= 4 is 5.96 Å². The molecule has 0 aliphatic carbocycles. The highest BCUT2D eigenvalue weighted by Gasteiger charge is 2.40. The summed E-state index contributed by atoms with van der Waals surface area (Å²) in [5, 5.41) is 0. The largest absolute Gasteiger partial charge is 0.375 e. The molecule has 0 radical (unpaired) electrons. The molecule has 0 amide bonds. The average Bonchev–Trinajstić information content (AvgIpc) is 2.84. The van der Waals surface area contributed by atoms with Crippen LogP contribution in [0.2, 0.25) is 0 Å². The molecule has 17 heavy (non-hydrogen) atoms. The third-order valence-electron chi connectivity index (χ3n) is 3.78. The molecule has 4 nitrogen and oxygen atoms in total. The molecule has 0 N–H and O–H groups in total. The van der Waals surface area contributed by atoms with Gasteiger partial charge in [-0.25, -0.2) is 0 Å². The molecule has 0 aromatic heterocycles. The van der Waals surface area contributed by atoms with Gasteiger partial charge in [-0.1, -0.05) is 0 Å². The van der Waals surface area contributed by atoms with Crippen molar-refractivity contribution in [3.63, 3.8) is 0 Å². The topological polar surface area (TPSA) is 28.1 Å². The van der Waals surface area contributed by atoms with E-state index >= 15 is 0 Å². The molecule has 2 bridgehead atoms. The predicted molar refractivity (Wildman–Crippen MR) is 70.3 cm³/mol.